The maximum Gasteiger partial charge on any atom is 0.274 e. The molecule has 0 radical (unpaired) electrons. The fourth-order valence-corrected chi connectivity index (χ4v) is 1.92. The van der Waals surface area contributed by atoms with Crippen molar-refractivity contribution in [2.45, 2.75) is 13.8 Å². The molecule has 0 spiro atoms. The van der Waals surface area contributed by atoms with E-state index < -0.39 is 0 Å². The van der Waals surface area contributed by atoms with Crippen LogP contribution in [0.25, 0.3) is 0 Å². The van der Waals surface area contributed by atoms with Crippen LogP contribution in [0.5, 0.6) is 0 Å². The van der Waals surface area contributed by atoms with E-state index in [1.165, 1.54) is 6.92 Å². The fourth-order valence-electron chi connectivity index (χ4n) is 1.75. The maximum absolute atomic E-state index is 12.1. The standard InChI is InChI=1S/C15H14ClN3O2/c1-9-6-7-11(8-13(9)17-10(2)20)18-15(21)12-4-3-5-14(16)19-12/h3-8H,1-2H3,(H,17,20)(H,18,21). The lowest BCUT2D eigenvalue weighted by Gasteiger charge is -2.10. The lowest BCUT2D eigenvalue weighted by Crippen LogP contribution is -2.14. The topological polar surface area (TPSA) is 71.1 Å². The Morgan fingerprint density at radius 1 is 1.14 bits per heavy atom. The average Bonchev–Trinajstić information content (AvgIpc) is 2.42. The van der Waals surface area contributed by atoms with Gasteiger partial charge in [0.25, 0.3) is 5.91 Å². The van der Waals surface area contributed by atoms with Crippen LogP contribution in [0.1, 0.15) is 23.0 Å². The van der Waals surface area contributed by atoms with Crippen LogP contribution < -0.4 is 10.6 Å². The normalized spacial score (nSPS) is 10.0. The number of hydrogen-bond acceptors (Lipinski definition) is 3. The van der Waals surface area contributed by atoms with E-state index in [4.69, 9.17) is 11.6 Å². The molecule has 21 heavy (non-hydrogen) atoms. The molecule has 5 nitrogen and oxygen atoms in total. The summed E-state index contributed by atoms with van der Waals surface area (Å²) in [5.41, 5.74) is 2.35. The minimum Gasteiger partial charge on any atom is -0.326 e. The molecule has 0 aliphatic heterocycles. The Kier molecular flexibility index (Phi) is 4.55. The van der Waals surface area contributed by atoms with Crippen LogP contribution in [0.2, 0.25) is 5.15 Å². The highest BCUT2D eigenvalue weighted by Gasteiger charge is 2.09. The van der Waals surface area contributed by atoms with Crippen molar-refractivity contribution in [3.05, 3.63) is 52.8 Å². The van der Waals surface area contributed by atoms with Gasteiger partial charge < -0.3 is 10.6 Å². The summed E-state index contributed by atoms with van der Waals surface area (Å²) in [5, 5.41) is 5.68. The van der Waals surface area contributed by atoms with Gasteiger partial charge in [-0.05, 0) is 36.8 Å². The Balaban J connectivity index is 2.19. The van der Waals surface area contributed by atoms with Crippen LogP contribution in [0.3, 0.4) is 0 Å². The molecule has 2 aromatic rings. The van der Waals surface area contributed by atoms with E-state index in [1.54, 1.807) is 30.3 Å². The van der Waals surface area contributed by atoms with Crippen LogP contribution in [0, 0.1) is 6.92 Å². The number of rotatable bonds is 3. The van der Waals surface area contributed by atoms with Crippen molar-refractivity contribution in [1.29, 1.82) is 0 Å². The Morgan fingerprint density at radius 3 is 2.57 bits per heavy atom. The molecule has 1 aromatic carbocycles. The van der Waals surface area contributed by atoms with Crippen molar-refractivity contribution in [3.63, 3.8) is 0 Å². The highest BCUT2D eigenvalue weighted by molar-refractivity contribution is 6.29. The molecular formula is C15H14ClN3O2. The van der Waals surface area contributed by atoms with Crippen molar-refractivity contribution in [2.24, 2.45) is 0 Å². The van der Waals surface area contributed by atoms with Gasteiger partial charge in [0.2, 0.25) is 5.91 Å². The third-order valence-corrected chi connectivity index (χ3v) is 2.96. The van der Waals surface area contributed by atoms with Crippen molar-refractivity contribution >= 4 is 34.8 Å². The largest absolute Gasteiger partial charge is 0.326 e. The number of anilines is 2. The van der Waals surface area contributed by atoms with Crippen LogP contribution in [-0.4, -0.2) is 16.8 Å². The zero-order valence-corrected chi connectivity index (χ0v) is 12.4. The summed E-state index contributed by atoms with van der Waals surface area (Å²) >= 11 is 5.76. The maximum atomic E-state index is 12.1. The monoisotopic (exact) mass is 303 g/mol. The zero-order valence-electron chi connectivity index (χ0n) is 11.6. The molecule has 1 aromatic heterocycles. The second-order valence-electron chi connectivity index (χ2n) is 4.51. The van der Waals surface area contributed by atoms with Gasteiger partial charge in [-0.3, -0.25) is 9.59 Å². The van der Waals surface area contributed by atoms with E-state index in [0.717, 1.165) is 5.56 Å². The molecule has 2 amide bonds. The predicted molar refractivity (Wildman–Crippen MR) is 82.7 cm³/mol. The minimum atomic E-state index is -0.366. The van der Waals surface area contributed by atoms with Crippen LogP contribution in [-0.2, 0) is 4.79 Å². The average molecular weight is 304 g/mol. The van der Waals surface area contributed by atoms with E-state index in [2.05, 4.69) is 15.6 Å². The summed E-state index contributed by atoms with van der Waals surface area (Å²) in [6.45, 7) is 3.30. The molecule has 2 rings (SSSR count). The summed E-state index contributed by atoms with van der Waals surface area (Å²) in [7, 11) is 0. The minimum absolute atomic E-state index is 0.168. The zero-order chi connectivity index (χ0) is 15.4. The van der Waals surface area contributed by atoms with E-state index in [0.29, 0.717) is 11.4 Å². The SMILES string of the molecule is CC(=O)Nc1cc(NC(=O)c2cccc(Cl)n2)ccc1C. The van der Waals surface area contributed by atoms with E-state index >= 15 is 0 Å². The summed E-state index contributed by atoms with van der Waals surface area (Å²) in [4.78, 5) is 27.1. The molecule has 0 aliphatic rings. The fraction of sp³-hybridized carbons (Fsp3) is 0.133. The van der Waals surface area contributed by atoms with Gasteiger partial charge in [0.05, 0.1) is 0 Å². The highest BCUT2D eigenvalue weighted by atomic mass is 35.5. The van der Waals surface area contributed by atoms with Gasteiger partial charge in [-0.15, -0.1) is 0 Å². The first-order valence-electron chi connectivity index (χ1n) is 6.28. The van der Waals surface area contributed by atoms with Gasteiger partial charge in [-0.25, -0.2) is 4.98 Å². The van der Waals surface area contributed by atoms with Crippen molar-refractivity contribution < 1.29 is 9.59 Å². The molecule has 0 atom stereocenters. The van der Waals surface area contributed by atoms with Crippen LogP contribution in [0.15, 0.2) is 36.4 Å². The lowest BCUT2D eigenvalue weighted by molar-refractivity contribution is -0.114. The third kappa shape index (κ3) is 4.03. The lowest BCUT2D eigenvalue weighted by atomic mass is 10.1. The number of carbonyl (C=O) groups is 2. The van der Waals surface area contributed by atoms with Crippen LogP contribution >= 0.6 is 11.6 Å². The number of aryl methyl sites for hydroxylation is 1. The van der Waals surface area contributed by atoms with Gasteiger partial charge in [0, 0.05) is 18.3 Å². The molecule has 2 N–H and O–H groups in total. The number of hydrogen-bond donors (Lipinski definition) is 2. The smallest absolute Gasteiger partial charge is 0.274 e. The second kappa shape index (κ2) is 6.37. The van der Waals surface area contributed by atoms with Crippen LogP contribution in [0.4, 0.5) is 11.4 Å². The Hall–Kier alpha value is -2.40. The third-order valence-electron chi connectivity index (χ3n) is 2.75. The van der Waals surface area contributed by atoms with Crippen molar-refractivity contribution in [3.8, 4) is 0 Å². The molecule has 6 heteroatoms. The molecule has 0 saturated heterocycles. The molecule has 0 fully saturated rings. The van der Waals surface area contributed by atoms with Gasteiger partial charge in [0.15, 0.2) is 0 Å². The highest BCUT2D eigenvalue weighted by Crippen LogP contribution is 2.20. The van der Waals surface area contributed by atoms with Gasteiger partial charge in [-0.1, -0.05) is 23.7 Å². The number of pyridine rings is 1. The van der Waals surface area contributed by atoms with E-state index in [1.807, 2.05) is 13.0 Å². The molecular weight excluding hydrogens is 290 g/mol. The van der Waals surface area contributed by atoms with Crippen molar-refractivity contribution in [1.82, 2.24) is 4.98 Å². The van der Waals surface area contributed by atoms with Gasteiger partial charge >= 0.3 is 0 Å². The van der Waals surface area contributed by atoms with Gasteiger partial charge in [-0.2, -0.15) is 0 Å². The molecule has 0 bridgehead atoms. The first-order valence-corrected chi connectivity index (χ1v) is 6.65. The molecule has 0 unspecified atom stereocenters. The molecule has 108 valence electrons. The quantitative estimate of drug-likeness (QED) is 0.855. The van der Waals surface area contributed by atoms with Gasteiger partial charge in [0.1, 0.15) is 10.8 Å². The number of aromatic nitrogens is 1. The number of amides is 2. The number of carbonyl (C=O) groups excluding carboxylic acids is 2. The Labute approximate surface area is 127 Å². The summed E-state index contributed by atoms with van der Waals surface area (Å²) in [6.07, 6.45) is 0. The second-order valence-corrected chi connectivity index (χ2v) is 4.90. The first-order chi connectivity index (χ1) is 9.95. The number of nitrogens with one attached hydrogen (secondary N) is 2. The van der Waals surface area contributed by atoms with E-state index in [9.17, 15) is 9.59 Å². The first kappa shape index (κ1) is 15.0. The molecule has 0 aliphatic carbocycles. The number of benzene rings is 1. The summed E-state index contributed by atoms with van der Waals surface area (Å²) < 4.78 is 0. The van der Waals surface area contributed by atoms with E-state index in [-0.39, 0.29) is 22.7 Å². The summed E-state index contributed by atoms with van der Waals surface area (Å²) in [5.74, 6) is -0.534. The Morgan fingerprint density at radius 2 is 1.90 bits per heavy atom. The van der Waals surface area contributed by atoms with Crippen molar-refractivity contribution in [2.75, 3.05) is 10.6 Å². The number of halogens is 1. The number of nitrogens with zero attached hydrogens (tertiary/aromatic N) is 1. The molecule has 1 heterocycles. The Bertz CT molecular complexity index is 701. The molecule has 0 saturated carbocycles. The summed E-state index contributed by atoms with van der Waals surface area (Å²) in [6, 6.07) is 10.1. The predicted octanol–water partition coefficient (Wildman–Crippen LogP) is 3.25.